The maximum absolute atomic E-state index is 5.23. The van der Waals surface area contributed by atoms with Gasteiger partial charge in [-0.2, -0.15) is 0 Å². The summed E-state index contributed by atoms with van der Waals surface area (Å²) in [6.07, 6.45) is 4.44. The Balaban J connectivity index is 1.94. The Morgan fingerprint density at radius 3 is 2.94 bits per heavy atom. The van der Waals surface area contributed by atoms with Crippen LogP contribution in [-0.2, 0) is 6.54 Å². The molecule has 1 aromatic heterocycles. The Kier molecular flexibility index (Phi) is 3.15. The molecule has 0 spiro atoms. The molecule has 0 aliphatic heterocycles. The van der Waals surface area contributed by atoms with Crippen LogP contribution in [0, 0.1) is 5.41 Å². The Bertz CT molecular complexity index is 361. The van der Waals surface area contributed by atoms with Crippen LogP contribution in [0.25, 0.3) is 0 Å². The summed E-state index contributed by atoms with van der Waals surface area (Å²) in [5.74, 6) is 0.725. The van der Waals surface area contributed by atoms with Crippen molar-refractivity contribution in [1.82, 2.24) is 10.3 Å². The second-order valence-electron chi connectivity index (χ2n) is 4.93. The van der Waals surface area contributed by atoms with Crippen molar-refractivity contribution >= 4 is 0 Å². The van der Waals surface area contributed by atoms with Crippen molar-refractivity contribution in [2.45, 2.75) is 39.3 Å². The van der Waals surface area contributed by atoms with Crippen LogP contribution in [0.2, 0.25) is 0 Å². The Hall–Kier alpha value is -1.09. The van der Waals surface area contributed by atoms with Gasteiger partial charge in [-0.25, -0.2) is 4.98 Å². The first kappa shape index (κ1) is 11.4. The van der Waals surface area contributed by atoms with Crippen molar-refractivity contribution in [3.8, 4) is 5.88 Å². The van der Waals surface area contributed by atoms with Crippen molar-refractivity contribution in [2.75, 3.05) is 7.11 Å². The van der Waals surface area contributed by atoms with Gasteiger partial charge in [-0.1, -0.05) is 13.0 Å². The first-order valence-corrected chi connectivity index (χ1v) is 5.87. The molecule has 1 aromatic rings. The normalized spacial score (nSPS) is 19.2. The molecule has 0 radical (unpaired) electrons. The van der Waals surface area contributed by atoms with Gasteiger partial charge in [-0.05, 0) is 31.2 Å². The van der Waals surface area contributed by atoms with Gasteiger partial charge in [0.15, 0.2) is 0 Å². The lowest BCUT2D eigenvalue weighted by molar-refractivity contribution is 0.365. The van der Waals surface area contributed by atoms with Crippen molar-refractivity contribution in [3.05, 3.63) is 23.9 Å². The standard InChI is InChI=1S/C13H20N2O/c1-10(13(2)6-7-13)15-9-11-5-4-8-14-12(11)16-3/h4-5,8,10,15H,6-7,9H2,1-3H3. The average Bonchev–Trinajstić information content (AvgIpc) is 3.06. The lowest BCUT2D eigenvalue weighted by Gasteiger charge is -2.20. The van der Waals surface area contributed by atoms with Crippen LogP contribution in [0.4, 0.5) is 0 Å². The summed E-state index contributed by atoms with van der Waals surface area (Å²) < 4.78 is 5.23. The molecule has 3 nitrogen and oxygen atoms in total. The Labute approximate surface area is 97.2 Å². The van der Waals surface area contributed by atoms with E-state index < -0.39 is 0 Å². The van der Waals surface area contributed by atoms with Gasteiger partial charge >= 0.3 is 0 Å². The summed E-state index contributed by atoms with van der Waals surface area (Å²) in [5.41, 5.74) is 1.64. The molecule has 1 aliphatic carbocycles. The number of hydrogen-bond donors (Lipinski definition) is 1. The van der Waals surface area contributed by atoms with E-state index in [1.807, 2.05) is 6.07 Å². The monoisotopic (exact) mass is 220 g/mol. The molecule has 1 saturated carbocycles. The third-order valence-electron chi connectivity index (χ3n) is 3.73. The minimum absolute atomic E-state index is 0.509. The van der Waals surface area contributed by atoms with Crippen molar-refractivity contribution in [3.63, 3.8) is 0 Å². The van der Waals surface area contributed by atoms with Crippen LogP contribution in [0.5, 0.6) is 5.88 Å². The lowest BCUT2D eigenvalue weighted by Crippen LogP contribution is -2.32. The third-order valence-corrected chi connectivity index (χ3v) is 3.73. The minimum atomic E-state index is 0.509. The van der Waals surface area contributed by atoms with Gasteiger partial charge in [0.05, 0.1) is 7.11 Å². The average molecular weight is 220 g/mol. The first-order valence-electron chi connectivity index (χ1n) is 5.87. The van der Waals surface area contributed by atoms with Gasteiger partial charge in [0.1, 0.15) is 0 Å². The van der Waals surface area contributed by atoms with Crippen LogP contribution in [0.3, 0.4) is 0 Å². The second kappa shape index (κ2) is 4.42. The molecule has 16 heavy (non-hydrogen) atoms. The highest BCUT2D eigenvalue weighted by Gasteiger charge is 2.42. The zero-order valence-corrected chi connectivity index (χ0v) is 10.3. The van der Waals surface area contributed by atoms with E-state index >= 15 is 0 Å². The summed E-state index contributed by atoms with van der Waals surface area (Å²) in [5, 5.41) is 3.56. The van der Waals surface area contributed by atoms with E-state index in [0.29, 0.717) is 11.5 Å². The molecule has 0 aromatic carbocycles. The molecule has 1 atom stereocenters. The summed E-state index contributed by atoms with van der Waals surface area (Å²) in [4.78, 5) is 4.19. The van der Waals surface area contributed by atoms with E-state index in [1.165, 1.54) is 12.8 Å². The SMILES string of the molecule is COc1ncccc1CNC(C)C1(C)CC1. The molecule has 1 aliphatic rings. The van der Waals surface area contributed by atoms with Crippen molar-refractivity contribution in [1.29, 1.82) is 0 Å². The molecule has 1 unspecified atom stereocenters. The van der Waals surface area contributed by atoms with Crippen LogP contribution < -0.4 is 10.1 Å². The highest BCUT2D eigenvalue weighted by Crippen LogP contribution is 2.47. The molecule has 88 valence electrons. The molecule has 1 heterocycles. The van der Waals surface area contributed by atoms with Gasteiger partial charge in [-0.3, -0.25) is 0 Å². The number of aromatic nitrogens is 1. The topological polar surface area (TPSA) is 34.1 Å². The molecule has 0 saturated heterocycles. The van der Waals surface area contributed by atoms with Gasteiger partial charge in [0, 0.05) is 24.3 Å². The zero-order chi connectivity index (χ0) is 11.6. The Morgan fingerprint density at radius 2 is 2.31 bits per heavy atom. The van der Waals surface area contributed by atoms with Gasteiger partial charge < -0.3 is 10.1 Å². The van der Waals surface area contributed by atoms with E-state index in [0.717, 1.165) is 18.0 Å². The van der Waals surface area contributed by atoms with Crippen LogP contribution >= 0.6 is 0 Å². The molecule has 1 fully saturated rings. The number of pyridine rings is 1. The van der Waals surface area contributed by atoms with E-state index in [1.54, 1.807) is 13.3 Å². The molecular formula is C13H20N2O. The smallest absolute Gasteiger partial charge is 0.217 e. The number of ether oxygens (including phenoxy) is 1. The van der Waals surface area contributed by atoms with E-state index in [4.69, 9.17) is 4.74 Å². The number of methoxy groups -OCH3 is 1. The quantitative estimate of drug-likeness (QED) is 0.827. The summed E-state index contributed by atoms with van der Waals surface area (Å²) in [6, 6.07) is 4.56. The van der Waals surface area contributed by atoms with Crippen LogP contribution in [-0.4, -0.2) is 18.1 Å². The predicted octanol–water partition coefficient (Wildman–Crippen LogP) is 2.37. The van der Waals surface area contributed by atoms with E-state index in [9.17, 15) is 0 Å². The predicted molar refractivity (Wildman–Crippen MR) is 64.4 cm³/mol. The fourth-order valence-corrected chi connectivity index (χ4v) is 1.88. The zero-order valence-electron chi connectivity index (χ0n) is 10.3. The van der Waals surface area contributed by atoms with Crippen molar-refractivity contribution < 1.29 is 4.74 Å². The molecule has 0 amide bonds. The summed E-state index contributed by atoms with van der Waals surface area (Å²) in [6.45, 7) is 5.43. The molecule has 0 bridgehead atoms. The number of nitrogens with one attached hydrogen (secondary N) is 1. The maximum Gasteiger partial charge on any atom is 0.217 e. The van der Waals surface area contributed by atoms with E-state index in [-0.39, 0.29) is 0 Å². The maximum atomic E-state index is 5.23. The molecule has 1 N–H and O–H groups in total. The summed E-state index contributed by atoms with van der Waals surface area (Å²) >= 11 is 0. The van der Waals surface area contributed by atoms with E-state index in [2.05, 4.69) is 30.2 Å². The number of rotatable bonds is 5. The van der Waals surface area contributed by atoms with Gasteiger partial charge in [-0.15, -0.1) is 0 Å². The molecular weight excluding hydrogens is 200 g/mol. The highest BCUT2D eigenvalue weighted by atomic mass is 16.5. The fourth-order valence-electron chi connectivity index (χ4n) is 1.88. The molecule has 3 heteroatoms. The van der Waals surface area contributed by atoms with Crippen molar-refractivity contribution in [2.24, 2.45) is 5.41 Å². The third kappa shape index (κ3) is 2.35. The second-order valence-corrected chi connectivity index (χ2v) is 4.93. The number of nitrogens with zero attached hydrogens (tertiary/aromatic N) is 1. The Morgan fingerprint density at radius 1 is 1.56 bits per heavy atom. The lowest BCUT2D eigenvalue weighted by atomic mass is 10.0. The van der Waals surface area contributed by atoms with Gasteiger partial charge in [0.25, 0.3) is 0 Å². The first-order chi connectivity index (χ1) is 7.65. The minimum Gasteiger partial charge on any atom is -0.481 e. The number of hydrogen-bond acceptors (Lipinski definition) is 3. The summed E-state index contributed by atoms with van der Waals surface area (Å²) in [7, 11) is 1.66. The van der Waals surface area contributed by atoms with Gasteiger partial charge in [0.2, 0.25) is 5.88 Å². The largest absolute Gasteiger partial charge is 0.481 e. The highest BCUT2D eigenvalue weighted by molar-refractivity contribution is 5.25. The van der Waals surface area contributed by atoms with Crippen LogP contribution in [0.1, 0.15) is 32.3 Å². The fraction of sp³-hybridized carbons (Fsp3) is 0.615. The van der Waals surface area contributed by atoms with Crippen LogP contribution in [0.15, 0.2) is 18.3 Å². The molecule has 2 rings (SSSR count).